The van der Waals surface area contributed by atoms with Crippen LogP contribution in [0.3, 0.4) is 0 Å². The predicted molar refractivity (Wildman–Crippen MR) is 78.0 cm³/mol. The van der Waals surface area contributed by atoms with Crippen LogP contribution in [0.25, 0.3) is 0 Å². The molecule has 0 spiro atoms. The second kappa shape index (κ2) is 5.78. The molecule has 0 radical (unpaired) electrons. The predicted octanol–water partition coefficient (Wildman–Crippen LogP) is 3.47. The molecule has 0 aromatic carbocycles. The molecule has 1 aliphatic carbocycles. The minimum Gasteiger partial charge on any atom is -0.376 e. The second-order valence-electron chi connectivity index (χ2n) is 6.59. The molecule has 1 unspecified atom stereocenters. The number of likely N-dealkylation sites (N-methyl/N-ethyl adjacent to an activating group) is 1. The van der Waals surface area contributed by atoms with E-state index in [1.54, 1.807) is 19.4 Å². The molecule has 3 nitrogen and oxygen atoms in total. The highest BCUT2D eigenvalue weighted by Crippen LogP contribution is 2.47. The Bertz CT molecular complexity index is 452. The van der Waals surface area contributed by atoms with E-state index in [1.165, 1.54) is 6.20 Å². The van der Waals surface area contributed by atoms with E-state index >= 15 is 0 Å². The molecule has 112 valence electrons. The van der Waals surface area contributed by atoms with Gasteiger partial charge in [0.2, 0.25) is 0 Å². The van der Waals surface area contributed by atoms with Crippen LogP contribution in [-0.2, 0) is 4.74 Å². The van der Waals surface area contributed by atoms with Crippen molar-refractivity contribution in [3.8, 4) is 0 Å². The SMILES string of the molecule is CNC(c1cncc(F)c1)C1(OC)CCC(C)(C)CC1. The maximum Gasteiger partial charge on any atom is 0.141 e. The molecular weight excluding hydrogens is 255 g/mol. The van der Waals surface area contributed by atoms with Gasteiger partial charge in [0, 0.05) is 13.3 Å². The summed E-state index contributed by atoms with van der Waals surface area (Å²) in [6.45, 7) is 4.59. The van der Waals surface area contributed by atoms with Gasteiger partial charge in [-0.25, -0.2) is 4.39 Å². The monoisotopic (exact) mass is 280 g/mol. The number of nitrogens with one attached hydrogen (secondary N) is 1. The molecule has 0 aliphatic heterocycles. The van der Waals surface area contributed by atoms with Crippen LogP contribution >= 0.6 is 0 Å². The fourth-order valence-corrected chi connectivity index (χ4v) is 3.28. The van der Waals surface area contributed by atoms with Gasteiger partial charge in [-0.3, -0.25) is 4.98 Å². The number of rotatable bonds is 4. The number of ether oxygens (including phenoxy) is 1. The first-order valence-electron chi connectivity index (χ1n) is 7.25. The van der Waals surface area contributed by atoms with Crippen LogP contribution in [0, 0.1) is 11.2 Å². The Morgan fingerprint density at radius 1 is 1.25 bits per heavy atom. The lowest BCUT2D eigenvalue weighted by molar-refractivity contribution is -0.0863. The Balaban J connectivity index is 2.29. The van der Waals surface area contributed by atoms with Gasteiger partial charge in [0.15, 0.2) is 0 Å². The zero-order valence-corrected chi connectivity index (χ0v) is 12.9. The highest BCUT2D eigenvalue weighted by Gasteiger charge is 2.44. The molecule has 1 fully saturated rings. The summed E-state index contributed by atoms with van der Waals surface area (Å²) in [7, 11) is 3.66. The van der Waals surface area contributed by atoms with Crippen molar-refractivity contribution in [1.29, 1.82) is 0 Å². The molecule has 4 heteroatoms. The normalized spacial score (nSPS) is 22.4. The highest BCUT2D eigenvalue weighted by molar-refractivity contribution is 5.20. The Hall–Kier alpha value is -1.00. The second-order valence-corrected chi connectivity index (χ2v) is 6.59. The molecule has 0 amide bonds. The Labute approximate surface area is 120 Å². The van der Waals surface area contributed by atoms with Crippen molar-refractivity contribution >= 4 is 0 Å². The fourth-order valence-electron chi connectivity index (χ4n) is 3.28. The molecule has 1 aromatic heterocycles. The minimum atomic E-state index is -0.301. The molecule has 2 rings (SSSR count). The molecule has 1 aliphatic rings. The van der Waals surface area contributed by atoms with Crippen molar-refractivity contribution in [2.24, 2.45) is 5.41 Å². The van der Waals surface area contributed by atoms with Crippen molar-refractivity contribution in [1.82, 2.24) is 10.3 Å². The summed E-state index contributed by atoms with van der Waals surface area (Å²) < 4.78 is 19.4. The Kier molecular flexibility index (Phi) is 4.45. The molecule has 1 atom stereocenters. The fraction of sp³-hybridized carbons (Fsp3) is 0.688. The molecule has 1 saturated carbocycles. The lowest BCUT2D eigenvalue weighted by atomic mass is 9.67. The topological polar surface area (TPSA) is 34.2 Å². The van der Waals surface area contributed by atoms with Gasteiger partial charge in [-0.1, -0.05) is 13.8 Å². The summed E-state index contributed by atoms with van der Waals surface area (Å²) >= 11 is 0. The van der Waals surface area contributed by atoms with E-state index in [2.05, 4.69) is 24.1 Å². The summed E-state index contributed by atoms with van der Waals surface area (Å²) in [6.07, 6.45) is 7.13. The van der Waals surface area contributed by atoms with Crippen LogP contribution < -0.4 is 5.32 Å². The summed E-state index contributed by atoms with van der Waals surface area (Å²) in [4.78, 5) is 3.97. The largest absolute Gasteiger partial charge is 0.376 e. The van der Waals surface area contributed by atoms with Gasteiger partial charge in [-0.2, -0.15) is 0 Å². The van der Waals surface area contributed by atoms with Crippen molar-refractivity contribution in [2.75, 3.05) is 14.2 Å². The lowest BCUT2D eigenvalue weighted by Gasteiger charge is -2.47. The quantitative estimate of drug-likeness (QED) is 0.917. The third-order valence-electron chi connectivity index (χ3n) is 4.73. The standard InChI is InChI=1S/C16H25FN2O/c1-15(2)5-7-16(20-4,8-6-15)14(18-3)12-9-13(17)11-19-10-12/h9-11,14,18H,5-8H2,1-4H3. The lowest BCUT2D eigenvalue weighted by Crippen LogP contribution is -2.48. The van der Waals surface area contributed by atoms with Crippen LogP contribution in [0.15, 0.2) is 18.5 Å². The summed E-state index contributed by atoms with van der Waals surface area (Å²) in [5.74, 6) is -0.301. The van der Waals surface area contributed by atoms with Crippen LogP contribution in [0.5, 0.6) is 0 Å². The van der Waals surface area contributed by atoms with Gasteiger partial charge in [0.25, 0.3) is 0 Å². The van der Waals surface area contributed by atoms with Crippen LogP contribution in [0.1, 0.15) is 51.1 Å². The molecule has 1 heterocycles. The summed E-state index contributed by atoms with van der Waals surface area (Å²) in [5, 5.41) is 3.30. The van der Waals surface area contributed by atoms with Gasteiger partial charge in [-0.15, -0.1) is 0 Å². The van der Waals surface area contributed by atoms with Gasteiger partial charge >= 0.3 is 0 Å². The molecule has 20 heavy (non-hydrogen) atoms. The highest BCUT2D eigenvalue weighted by atomic mass is 19.1. The van der Waals surface area contributed by atoms with Gasteiger partial charge in [0.1, 0.15) is 5.82 Å². The van der Waals surface area contributed by atoms with Crippen molar-refractivity contribution in [3.05, 3.63) is 29.8 Å². The third-order valence-corrected chi connectivity index (χ3v) is 4.73. The van der Waals surface area contributed by atoms with E-state index in [1.807, 2.05) is 7.05 Å². The van der Waals surface area contributed by atoms with Crippen LogP contribution in [0.2, 0.25) is 0 Å². The van der Waals surface area contributed by atoms with Crippen molar-refractivity contribution in [3.63, 3.8) is 0 Å². The number of aromatic nitrogens is 1. The Morgan fingerprint density at radius 3 is 2.40 bits per heavy atom. The van der Waals surface area contributed by atoms with Gasteiger partial charge < -0.3 is 10.1 Å². The van der Waals surface area contributed by atoms with Crippen molar-refractivity contribution < 1.29 is 9.13 Å². The van der Waals surface area contributed by atoms with Gasteiger partial charge in [-0.05, 0) is 49.8 Å². The number of hydrogen-bond donors (Lipinski definition) is 1. The van der Waals surface area contributed by atoms with E-state index in [0.717, 1.165) is 31.2 Å². The average molecular weight is 280 g/mol. The molecule has 0 bridgehead atoms. The maximum atomic E-state index is 13.5. The third kappa shape index (κ3) is 3.01. The number of halogens is 1. The number of nitrogens with zero attached hydrogens (tertiary/aromatic N) is 1. The first-order valence-corrected chi connectivity index (χ1v) is 7.25. The average Bonchev–Trinajstić information content (AvgIpc) is 2.42. The summed E-state index contributed by atoms with van der Waals surface area (Å²) in [5.41, 5.74) is 0.939. The number of hydrogen-bond acceptors (Lipinski definition) is 3. The zero-order chi connectivity index (χ0) is 14.8. The van der Waals surface area contributed by atoms with E-state index in [9.17, 15) is 4.39 Å². The smallest absolute Gasteiger partial charge is 0.141 e. The Morgan fingerprint density at radius 2 is 1.90 bits per heavy atom. The minimum absolute atomic E-state index is 0.0354. The first kappa shape index (κ1) is 15.4. The van der Waals surface area contributed by atoms with E-state index in [-0.39, 0.29) is 17.5 Å². The molecule has 1 aromatic rings. The maximum absolute atomic E-state index is 13.5. The zero-order valence-electron chi connectivity index (χ0n) is 12.9. The van der Waals surface area contributed by atoms with E-state index in [4.69, 9.17) is 4.74 Å². The molecular formula is C16H25FN2O. The van der Waals surface area contributed by atoms with Crippen LogP contribution in [-0.4, -0.2) is 24.7 Å². The van der Waals surface area contributed by atoms with E-state index in [0.29, 0.717) is 5.41 Å². The van der Waals surface area contributed by atoms with Crippen molar-refractivity contribution in [2.45, 2.75) is 51.2 Å². The molecule has 1 N–H and O–H groups in total. The van der Waals surface area contributed by atoms with E-state index < -0.39 is 0 Å². The molecule has 0 saturated heterocycles. The first-order chi connectivity index (χ1) is 9.42. The summed E-state index contributed by atoms with van der Waals surface area (Å²) in [6, 6.07) is 1.51. The van der Waals surface area contributed by atoms with Crippen LogP contribution in [0.4, 0.5) is 4.39 Å². The van der Waals surface area contributed by atoms with Gasteiger partial charge in [0.05, 0.1) is 17.8 Å². The number of methoxy groups -OCH3 is 1. The number of pyridine rings is 1.